The summed E-state index contributed by atoms with van der Waals surface area (Å²) < 4.78 is 2.01. The van der Waals surface area contributed by atoms with Crippen LogP contribution in [-0.2, 0) is 13.1 Å². The van der Waals surface area contributed by atoms with Gasteiger partial charge in [0.15, 0.2) is 0 Å². The van der Waals surface area contributed by atoms with Crippen LogP contribution < -0.4 is 5.32 Å². The number of hydrogen-bond donors (Lipinski definition) is 1. The van der Waals surface area contributed by atoms with Crippen LogP contribution >= 0.6 is 0 Å². The molecule has 1 aromatic heterocycles. The first-order chi connectivity index (χ1) is 9.67. The van der Waals surface area contributed by atoms with Crippen LogP contribution in [0.3, 0.4) is 0 Å². The molecule has 0 saturated heterocycles. The van der Waals surface area contributed by atoms with Crippen molar-refractivity contribution in [2.45, 2.75) is 52.7 Å². The largest absolute Gasteiger partial charge is 0.310 e. The van der Waals surface area contributed by atoms with E-state index in [1.807, 2.05) is 4.68 Å². The maximum absolute atomic E-state index is 4.56. The lowest BCUT2D eigenvalue weighted by Crippen LogP contribution is -2.15. The summed E-state index contributed by atoms with van der Waals surface area (Å²) in [4.78, 5) is 0. The van der Waals surface area contributed by atoms with Gasteiger partial charge in [0.25, 0.3) is 0 Å². The van der Waals surface area contributed by atoms with Gasteiger partial charge in [-0.15, -0.1) is 0 Å². The quantitative estimate of drug-likeness (QED) is 0.901. The van der Waals surface area contributed by atoms with Gasteiger partial charge in [0, 0.05) is 30.9 Å². The first kappa shape index (κ1) is 13.4. The van der Waals surface area contributed by atoms with Crippen molar-refractivity contribution >= 4 is 0 Å². The molecule has 106 valence electrons. The Labute approximate surface area is 121 Å². The zero-order valence-electron chi connectivity index (χ0n) is 12.6. The lowest BCUT2D eigenvalue weighted by Gasteiger charge is -2.09. The van der Waals surface area contributed by atoms with Crippen LogP contribution in [0.15, 0.2) is 24.4 Å². The Kier molecular flexibility index (Phi) is 3.62. The standard InChI is InChI=1S/C17H23N3/c1-4-20-11-17(13(3)19-20)16-9-14(6-5-12(16)2)10-18-15-7-8-15/h5-6,9,11,15,18H,4,7-8,10H2,1-3H3. The number of aromatic nitrogens is 2. The lowest BCUT2D eigenvalue weighted by molar-refractivity contribution is 0.653. The zero-order chi connectivity index (χ0) is 14.1. The molecule has 0 radical (unpaired) electrons. The summed E-state index contributed by atoms with van der Waals surface area (Å²) in [5.41, 5.74) is 6.37. The smallest absolute Gasteiger partial charge is 0.0672 e. The minimum absolute atomic E-state index is 0.754. The van der Waals surface area contributed by atoms with Gasteiger partial charge >= 0.3 is 0 Å². The molecule has 3 nitrogen and oxygen atoms in total. The molecule has 0 atom stereocenters. The molecule has 0 unspecified atom stereocenters. The number of hydrogen-bond acceptors (Lipinski definition) is 2. The molecule has 1 N–H and O–H groups in total. The molecule has 0 amide bonds. The SMILES string of the molecule is CCn1cc(-c2cc(CNC3CC3)ccc2C)c(C)n1. The molecule has 1 saturated carbocycles. The van der Waals surface area contributed by atoms with Crippen molar-refractivity contribution in [3.05, 3.63) is 41.2 Å². The van der Waals surface area contributed by atoms with E-state index in [0.29, 0.717) is 0 Å². The first-order valence-electron chi connectivity index (χ1n) is 7.54. The van der Waals surface area contributed by atoms with E-state index in [4.69, 9.17) is 0 Å². The number of nitrogens with zero attached hydrogens (tertiary/aromatic N) is 2. The van der Waals surface area contributed by atoms with Crippen LogP contribution in [0.4, 0.5) is 0 Å². The van der Waals surface area contributed by atoms with Crippen LogP contribution in [0.1, 0.15) is 36.6 Å². The van der Waals surface area contributed by atoms with E-state index in [-0.39, 0.29) is 0 Å². The second-order valence-electron chi connectivity index (χ2n) is 5.79. The van der Waals surface area contributed by atoms with Gasteiger partial charge in [-0.25, -0.2) is 0 Å². The molecular formula is C17H23N3. The molecular weight excluding hydrogens is 246 g/mol. The van der Waals surface area contributed by atoms with Crippen molar-refractivity contribution in [2.75, 3.05) is 0 Å². The Morgan fingerprint density at radius 1 is 1.25 bits per heavy atom. The van der Waals surface area contributed by atoms with Crippen molar-refractivity contribution in [3.8, 4) is 11.1 Å². The van der Waals surface area contributed by atoms with Crippen LogP contribution in [0, 0.1) is 13.8 Å². The number of rotatable bonds is 5. The predicted octanol–water partition coefficient (Wildman–Crippen LogP) is 3.44. The Morgan fingerprint density at radius 2 is 2.05 bits per heavy atom. The average Bonchev–Trinajstić information content (AvgIpc) is 3.20. The van der Waals surface area contributed by atoms with Gasteiger partial charge in [-0.2, -0.15) is 5.10 Å². The molecule has 0 spiro atoms. The third-order valence-electron chi connectivity index (χ3n) is 4.03. The fourth-order valence-corrected chi connectivity index (χ4v) is 2.56. The minimum atomic E-state index is 0.754. The molecule has 20 heavy (non-hydrogen) atoms. The molecule has 1 fully saturated rings. The van der Waals surface area contributed by atoms with Gasteiger partial charge in [-0.3, -0.25) is 4.68 Å². The first-order valence-corrected chi connectivity index (χ1v) is 7.54. The van der Waals surface area contributed by atoms with E-state index >= 15 is 0 Å². The summed E-state index contributed by atoms with van der Waals surface area (Å²) in [6.45, 7) is 8.28. The summed E-state index contributed by atoms with van der Waals surface area (Å²) in [7, 11) is 0. The molecule has 0 bridgehead atoms. The van der Waals surface area contributed by atoms with E-state index in [0.717, 1.165) is 24.8 Å². The van der Waals surface area contributed by atoms with Gasteiger partial charge in [-0.1, -0.05) is 12.1 Å². The van der Waals surface area contributed by atoms with Crippen LogP contribution in [0.25, 0.3) is 11.1 Å². The van der Waals surface area contributed by atoms with Gasteiger partial charge in [0.1, 0.15) is 0 Å². The lowest BCUT2D eigenvalue weighted by atomic mass is 9.98. The summed E-state index contributed by atoms with van der Waals surface area (Å²) in [6.07, 6.45) is 4.83. The Hall–Kier alpha value is -1.61. The third-order valence-corrected chi connectivity index (χ3v) is 4.03. The third kappa shape index (κ3) is 2.78. The van der Waals surface area contributed by atoms with E-state index in [1.54, 1.807) is 0 Å². The molecule has 1 aliphatic rings. The number of benzene rings is 1. The summed E-state index contributed by atoms with van der Waals surface area (Å²) in [5, 5.41) is 8.14. The summed E-state index contributed by atoms with van der Waals surface area (Å²) >= 11 is 0. The highest BCUT2D eigenvalue weighted by atomic mass is 15.3. The molecule has 1 aromatic carbocycles. The highest BCUT2D eigenvalue weighted by Crippen LogP contribution is 2.27. The van der Waals surface area contributed by atoms with E-state index in [2.05, 4.69) is 55.6 Å². The van der Waals surface area contributed by atoms with Crippen molar-refractivity contribution in [1.29, 1.82) is 0 Å². The summed E-state index contributed by atoms with van der Waals surface area (Å²) in [5.74, 6) is 0. The topological polar surface area (TPSA) is 29.9 Å². The van der Waals surface area contributed by atoms with Crippen LogP contribution in [0.2, 0.25) is 0 Å². The van der Waals surface area contributed by atoms with Crippen molar-refractivity contribution in [2.24, 2.45) is 0 Å². The highest BCUT2D eigenvalue weighted by molar-refractivity contribution is 5.69. The van der Waals surface area contributed by atoms with Crippen molar-refractivity contribution in [1.82, 2.24) is 15.1 Å². The maximum Gasteiger partial charge on any atom is 0.0672 e. The monoisotopic (exact) mass is 269 g/mol. The number of aryl methyl sites for hydroxylation is 3. The molecule has 3 heteroatoms. The fourth-order valence-electron chi connectivity index (χ4n) is 2.56. The van der Waals surface area contributed by atoms with Gasteiger partial charge in [0.2, 0.25) is 0 Å². The number of nitrogens with one attached hydrogen (secondary N) is 1. The van der Waals surface area contributed by atoms with Gasteiger partial charge in [0.05, 0.1) is 5.69 Å². The summed E-state index contributed by atoms with van der Waals surface area (Å²) in [6, 6.07) is 7.52. The van der Waals surface area contributed by atoms with Crippen LogP contribution in [0.5, 0.6) is 0 Å². The Bertz CT molecular complexity index is 609. The molecule has 2 aromatic rings. The fraction of sp³-hybridized carbons (Fsp3) is 0.471. The highest BCUT2D eigenvalue weighted by Gasteiger charge is 2.20. The molecule has 1 heterocycles. The van der Waals surface area contributed by atoms with E-state index in [9.17, 15) is 0 Å². The average molecular weight is 269 g/mol. The van der Waals surface area contributed by atoms with E-state index < -0.39 is 0 Å². The Morgan fingerprint density at radius 3 is 2.70 bits per heavy atom. The predicted molar refractivity (Wildman–Crippen MR) is 82.7 cm³/mol. The van der Waals surface area contributed by atoms with Gasteiger partial charge < -0.3 is 5.32 Å². The van der Waals surface area contributed by atoms with Crippen LogP contribution in [-0.4, -0.2) is 15.8 Å². The van der Waals surface area contributed by atoms with Gasteiger partial charge in [-0.05, 0) is 56.4 Å². The second kappa shape index (κ2) is 5.41. The zero-order valence-corrected chi connectivity index (χ0v) is 12.6. The molecule has 3 rings (SSSR count). The normalized spacial score (nSPS) is 14.8. The maximum atomic E-state index is 4.56. The van der Waals surface area contributed by atoms with E-state index in [1.165, 1.54) is 35.1 Å². The minimum Gasteiger partial charge on any atom is -0.310 e. The molecule has 1 aliphatic carbocycles. The second-order valence-corrected chi connectivity index (χ2v) is 5.79. The van der Waals surface area contributed by atoms with Crippen molar-refractivity contribution in [3.63, 3.8) is 0 Å². The molecule has 0 aliphatic heterocycles. The van der Waals surface area contributed by atoms with Crippen molar-refractivity contribution < 1.29 is 0 Å². The Balaban J connectivity index is 1.89.